The predicted octanol–water partition coefficient (Wildman–Crippen LogP) is 3.94. The second kappa shape index (κ2) is 9.30. The number of aryl methyl sites for hydroxylation is 1. The fourth-order valence-corrected chi connectivity index (χ4v) is 4.04. The van der Waals surface area contributed by atoms with Crippen LogP contribution < -0.4 is 14.8 Å². The molecule has 154 valence electrons. The number of nitrogens with one attached hydrogen (secondary N) is 1. The summed E-state index contributed by atoms with van der Waals surface area (Å²) >= 11 is 7.42. The summed E-state index contributed by atoms with van der Waals surface area (Å²) in [6, 6.07) is 10.9. The highest BCUT2D eigenvalue weighted by molar-refractivity contribution is 7.16. The highest BCUT2D eigenvalue weighted by Gasteiger charge is 2.19. The van der Waals surface area contributed by atoms with Gasteiger partial charge in [-0.1, -0.05) is 11.6 Å². The summed E-state index contributed by atoms with van der Waals surface area (Å²) in [6.07, 6.45) is -0.275. The lowest BCUT2D eigenvalue weighted by molar-refractivity contribution is 0.0830. The third-order valence-corrected chi connectivity index (χ3v) is 5.76. The maximum absolute atomic E-state index is 12.7. The smallest absolute Gasteiger partial charge is 0.269 e. The molecule has 0 saturated heterocycles. The van der Waals surface area contributed by atoms with Crippen molar-refractivity contribution in [2.75, 3.05) is 27.9 Å². The number of ether oxygens (including phenoxy) is 3. The van der Waals surface area contributed by atoms with Crippen LogP contribution in [0.25, 0.3) is 11.3 Å². The Morgan fingerprint density at radius 1 is 1.21 bits per heavy atom. The second-order valence-electron chi connectivity index (χ2n) is 6.18. The van der Waals surface area contributed by atoms with Crippen molar-refractivity contribution in [3.05, 3.63) is 51.3 Å². The topological polar surface area (TPSA) is 74.6 Å². The zero-order chi connectivity index (χ0) is 21.0. The summed E-state index contributed by atoms with van der Waals surface area (Å²) in [5.74, 6) is 1.07. The van der Waals surface area contributed by atoms with E-state index in [9.17, 15) is 4.79 Å². The molecule has 1 amide bonds. The first kappa shape index (κ1) is 21.2. The number of aromatic nitrogens is 2. The molecule has 3 rings (SSSR count). The number of benzene rings is 1. The zero-order valence-electron chi connectivity index (χ0n) is 16.6. The molecule has 0 unspecified atom stereocenters. The molecule has 0 bridgehead atoms. The van der Waals surface area contributed by atoms with E-state index in [1.54, 1.807) is 46.6 Å². The van der Waals surface area contributed by atoms with Crippen LogP contribution in [0.15, 0.2) is 36.4 Å². The average molecular weight is 436 g/mol. The van der Waals surface area contributed by atoms with Gasteiger partial charge in [0, 0.05) is 31.1 Å². The largest absolute Gasteiger partial charge is 0.497 e. The molecule has 3 aromatic rings. The first-order valence-electron chi connectivity index (χ1n) is 8.79. The highest BCUT2D eigenvalue weighted by Crippen LogP contribution is 2.33. The van der Waals surface area contributed by atoms with Crippen molar-refractivity contribution in [1.82, 2.24) is 15.1 Å². The minimum absolute atomic E-state index is 0.252. The van der Waals surface area contributed by atoms with Gasteiger partial charge in [0.2, 0.25) is 0 Å². The number of amides is 1. The normalized spacial score (nSPS) is 11.9. The quantitative estimate of drug-likeness (QED) is 0.580. The number of methoxy groups -OCH3 is 3. The van der Waals surface area contributed by atoms with E-state index in [1.165, 1.54) is 16.0 Å². The van der Waals surface area contributed by atoms with Crippen molar-refractivity contribution in [3.63, 3.8) is 0 Å². The van der Waals surface area contributed by atoms with Gasteiger partial charge in [0.05, 0.1) is 24.2 Å². The van der Waals surface area contributed by atoms with Crippen LogP contribution in [0.2, 0.25) is 4.34 Å². The van der Waals surface area contributed by atoms with Crippen LogP contribution in [0.3, 0.4) is 0 Å². The van der Waals surface area contributed by atoms with E-state index in [2.05, 4.69) is 10.4 Å². The molecule has 2 aromatic heterocycles. The summed E-state index contributed by atoms with van der Waals surface area (Å²) < 4.78 is 18.4. The molecule has 1 aromatic carbocycles. The molecule has 2 heterocycles. The fourth-order valence-electron chi connectivity index (χ4n) is 2.90. The summed E-state index contributed by atoms with van der Waals surface area (Å²) in [4.78, 5) is 13.7. The van der Waals surface area contributed by atoms with Crippen molar-refractivity contribution in [2.24, 2.45) is 7.05 Å². The Morgan fingerprint density at radius 2 is 2.00 bits per heavy atom. The first-order chi connectivity index (χ1) is 14.0. The average Bonchev–Trinajstić information content (AvgIpc) is 3.33. The van der Waals surface area contributed by atoms with Gasteiger partial charge in [0.1, 0.15) is 23.3 Å². The molecule has 0 saturated carbocycles. The number of hydrogen-bond donors (Lipinski definition) is 1. The van der Waals surface area contributed by atoms with Crippen molar-refractivity contribution in [3.8, 4) is 22.8 Å². The molecule has 0 fully saturated rings. The Balaban J connectivity index is 1.78. The van der Waals surface area contributed by atoms with Gasteiger partial charge >= 0.3 is 0 Å². The monoisotopic (exact) mass is 435 g/mol. The van der Waals surface area contributed by atoms with E-state index in [1.807, 2.05) is 18.2 Å². The highest BCUT2D eigenvalue weighted by atomic mass is 35.5. The molecule has 0 spiro atoms. The summed E-state index contributed by atoms with van der Waals surface area (Å²) in [7, 11) is 6.50. The van der Waals surface area contributed by atoms with Crippen LogP contribution in [0, 0.1) is 0 Å². The van der Waals surface area contributed by atoms with E-state index in [0.717, 1.165) is 10.4 Å². The number of carbonyl (C=O) groups excluding carboxylic acids is 1. The molecular formula is C20H22ClN3O4S. The van der Waals surface area contributed by atoms with Crippen LogP contribution in [-0.4, -0.2) is 43.6 Å². The standard InChI is InChI=1S/C20H22ClN3O4S/c1-24-15(20(25)22-11-17(28-4)18-7-8-19(21)29-18)10-14(23-24)13-9-12(26-2)5-6-16(13)27-3/h5-10,17H,11H2,1-4H3,(H,22,25)/t17-/m1/s1. The van der Waals surface area contributed by atoms with Gasteiger partial charge < -0.3 is 19.5 Å². The Labute approximate surface area is 178 Å². The molecular weight excluding hydrogens is 414 g/mol. The molecule has 0 aliphatic carbocycles. The van der Waals surface area contributed by atoms with E-state index in [-0.39, 0.29) is 12.0 Å². The van der Waals surface area contributed by atoms with Crippen LogP contribution in [0.1, 0.15) is 21.5 Å². The molecule has 29 heavy (non-hydrogen) atoms. The zero-order valence-corrected chi connectivity index (χ0v) is 18.1. The second-order valence-corrected chi connectivity index (χ2v) is 7.93. The van der Waals surface area contributed by atoms with Gasteiger partial charge in [-0.2, -0.15) is 5.10 Å². The molecule has 1 N–H and O–H groups in total. The maximum Gasteiger partial charge on any atom is 0.269 e. The number of halogens is 1. The van der Waals surface area contributed by atoms with Crippen molar-refractivity contribution < 1.29 is 19.0 Å². The van der Waals surface area contributed by atoms with Crippen molar-refractivity contribution >= 4 is 28.8 Å². The van der Waals surface area contributed by atoms with E-state index < -0.39 is 0 Å². The van der Waals surface area contributed by atoms with Gasteiger partial charge in [-0.3, -0.25) is 9.48 Å². The van der Waals surface area contributed by atoms with Gasteiger partial charge in [-0.25, -0.2) is 0 Å². The van der Waals surface area contributed by atoms with E-state index >= 15 is 0 Å². The lowest BCUT2D eigenvalue weighted by atomic mass is 10.1. The molecule has 0 radical (unpaired) electrons. The molecule has 9 heteroatoms. The van der Waals surface area contributed by atoms with Gasteiger partial charge in [0.25, 0.3) is 5.91 Å². The van der Waals surface area contributed by atoms with Crippen LogP contribution in [0.5, 0.6) is 11.5 Å². The first-order valence-corrected chi connectivity index (χ1v) is 9.99. The SMILES string of the molecule is COc1ccc(OC)c(-c2cc(C(=O)NC[C@@H](OC)c3ccc(Cl)s3)n(C)n2)c1. The van der Waals surface area contributed by atoms with Crippen LogP contribution in [0.4, 0.5) is 0 Å². The van der Waals surface area contributed by atoms with Gasteiger partial charge in [0.15, 0.2) is 0 Å². The number of thiophene rings is 1. The number of hydrogen-bond acceptors (Lipinski definition) is 6. The fraction of sp³-hybridized carbons (Fsp3) is 0.300. The third-order valence-electron chi connectivity index (χ3n) is 4.44. The Hall–Kier alpha value is -2.55. The van der Waals surface area contributed by atoms with Crippen molar-refractivity contribution in [1.29, 1.82) is 0 Å². The van der Waals surface area contributed by atoms with Crippen LogP contribution in [-0.2, 0) is 11.8 Å². The predicted molar refractivity (Wildman–Crippen MR) is 113 cm³/mol. The van der Waals surface area contributed by atoms with Crippen molar-refractivity contribution in [2.45, 2.75) is 6.10 Å². The van der Waals surface area contributed by atoms with Gasteiger partial charge in [-0.05, 0) is 36.4 Å². The Kier molecular flexibility index (Phi) is 6.79. The lowest BCUT2D eigenvalue weighted by Crippen LogP contribution is -2.30. The number of nitrogens with zero attached hydrogens (tertiary/aromatic N) is 2. The number of carbonyl (C=O) groups is 1. The molecule has 1 atom stereocenters. The number of rotatable bonds is 8. The Bertz CT molecular complexity index is 1000. The summed E-state index contributed by atoms with van der Waals surface area (Å²) in [5.41, 5.74) is 1.77. The third kappa shape index (κ3) is 4.72. The minimum atomic E-state index is -0.275. The molecule has 7 nitrogen and oxygen atoms in total. The Morgan fingerprint density at radius 3 is 2.62 bits per heavy atom. The van der Waals surface area contributed by atoms with E-state index in [0.29, 0.717) is 33.8 Å². The molecule has 0 aliphatic rings. The van der Waals surface area contributed by atoms with Gasteiger partial charge in [-0.15, -0.1) is 11.3 Å². The maximum atomic E-state index is 12.7. The molecule has 0 aliphatic heterocycles. The minimum Gasteiger partial charge on any atom is -0.497 e. The lowest BCUT2D eigenvalue weighted by Gasteiger charge is -2.14. The summed E-state index contributed by atoms with van der Waals surface area (Å²) in [5, 5.41) is 7.37. The van der Waals surface area contributed by atoms with Crippen LogP contribution >= 0.6 is 22.9 Å². The summed E-state index contributed by atoms with van der Waals surface area (Å²) in [6.45, 7) is 0.315. The van der Waals surface area contributed by atoms with E-state index in [4.69, 9.17) is 25.8 Å².